The zero-order valence-corrected chi connectivity index (χ0v) is 10.7. The van der Waals surface area contributed by atoms with E-state index in [1.807, 2.05) is 25.9 Å². The number of hydrogen-bond acceptors (Lipinski definition) is 2. The third kappa shape index (κ3) is 3.57. The summed E-state index contributed by atoms with van der Waals surface area (Å²) in [4.78, 5) is 1.88. The molecule has 2 nitrogen and oxygen atoms in total. The molecule has 0 aromatic heterocycles. The zero-order valence-electron chi connectivity index (χ0n) is 10.7. The third-order valence-corrected chi connectivity index (χ3v) is 2.94. The minimum absolute atomic E-state index is 0.0177. The molecular formula is C13H17F3N2. The van der Waals surface area contributed by atoms with Crippen LogP contribution in [0.1, 0.15) is 24.5 Å². The van der Waals surface area contributed by atoms with Crippen molar-refractivity contribution in [3.8, 4) is 0 Å². The average molecular weight is 258 g/mol. The Bertz CT molecular complexity index is 424. The number of nitrogens with one attached hydrogen (secondary N) is 1. The van der Waals surface area contributed by atoms with Gasteiger partial charge in [-0.3, -0.25) is 0 Å². The molecule has 0 radical (unpaired) electrons. The molecule has 0 aliphatic heterocycles. The second-order valence-corrected chi connectivity index (χ2v) is 4.54. The smallest absolute Gasteiger partial charge is 0.306 e. The molecule has 0 fully saturated rings. The van der Waals surface area contributed by atoms with E-state index in [0.29, 0.717) is 6.42 Å². The standard InChI is InChI=1S/C13H17F3N2/c1-9(18(2)3)8-12(17)10-6-4-5-7-11(10)13(14,15)16/h4-7,9,17H,8H2,1-3H3. The van der Waals surface area contributed by atoms with Gasteiger partial charge in [0.2, 0.25) is 0 Å². The maximum absolute atomic E-state index is 12.8. The number of benzene rings is 1. The first-order valence-electron chi connectivity index (χ1n) is 5.64. The molecule has 0 heterocycles. The Morgan fingerprint density at radius 1 is 1.28 bits per heavy atom. The lowest BCUT2D eigenvalue weighted by molar-refractivity contribution is -0.137. The van der Waals surface area contributed by atoms with Crippen LogP contribution in [0.5, 0.6) is 0 Å². The summed E-state index contributed by atoms with van der Waals surface area (Å²) >= 11 is 0. The van der Waals surface area contributed by atoms with Crippen LogP contribution >= 0.6 is 0 Å². The second kappa shape index (κ2) is 5.52. The highest BCUT2D eigenvalue weighted by Gasteiger charge is 2.34. The van der Waals surface area contributed by atoms with Crippen molar-refractivity contribution in [2.24, 2.45) is 0 Å². The Kier molecular flexibility index (Phi) is 4.51. The first kappa shape index (κ1) is 14.7. The molecule has 0 saturated heterocycles. The van der Waals surface area contributed by atoms with Gasteiger partial charge in [-0.25, -0.2) is 0 Å². The van der Waals surface area contributed by atoms with Gasteiger partial charge in [-0.05, 0) is 27.1 Å². The van der Waals surface area contributed by atoms with Crippen LogP contribution in [-0.4, -0.2) is 30.7 Å². The van der Waals surface area contributed by atoms with E-state index in [2.05, 4.69) is 0 Å². The first-order chi connectivity index (χ1) is 8.23. The summed E-state index contributed by atoms with van der Waals surface area (Å²) < 4.78 is 38.4. The van der Waals surface area contributed by atoms with Crippen LogP contribution in [-0.2, 0) is 6.18 Å². The normalized spacial score (nSPS) is 13.7. The SMILES string of the molecule is CC(CC(=N)c1ccccc1C(F)(F)F)N(C)C. The van der Waals surface area contributed by atoms with E-state index in [1.54, 1.807) is 0 Å². The van der Waals surface area contributed by atoms with E-state index < -0.39 is 11.7 Å². The van der Waals surface area contributed by atoms with Crippen molar-refractivity contribution in [3.63, 3.8) is 0 Å². The molecule has 100 valence electrons. The topological polar surface area (TPSA) is 27.1 Å². The minimum Gasteiger partial charge on any atom is -0.306 e. The highest BCUT2D eigenvalue weighted by molar-refractivity contribution is 6.00. The fourth-order valence-corrected chi connectivity index (χ4v) is 1.58. The van der Waals surface area contributed by atoms with Crippen LogP contribution in [0.4, 0.5) is 13.2 Å². The van der Waals surface area contributed by atoms with Gasteiger partial charge >= 0.3 is 6.18 Å². The molecule has 0 spiro atoms. The summed E-state index contributed by atoms with van der Waals surface area (Å²) in [6.45, 7) is 1.88. The van der Waals surface area contributed by atoms with Crippen molar-refractivity contribution in [3.05, 3.63) is 35.4 Å². The molecule has 0 bridgehead atoms. The largest absolute Gasteiger partial charge is 0.417 e. The van der Waals surface area contributed by atoms with Gasteiger partial charge in [0.25, 0.3) is 0 Å². The highest BCUT2D eigenvalue weighted by Crippen LogP contribution is 2.32. The maximum atomic E-state index is 12.8. The van der Waals surface area contributed by atoms with Crippen molar-refractivity contribution in [2.45, 2.75) is 25.6 Å². The molecule has 1 rings (SSSR count). The van der Waals surface area contributed by atoms with E-state index >= 15 is 0 Å². The Balaban J connectivity index is 3.00. The molecular weight excluding hydrogens is 241 g/mol. The average Bonchev–Trinajstić information content (AvgIpc) is 2.27. The second-order valence-electron chi connectivity index (χ2n) is 4.54. The van der Waals surface area contributed by atoms with Crippen LogP contribution in [0.15, 0.2) is 24.3 Å². The zero-order chi connectivity index (χ0) is 13.9. The highest BCUT2D eigenvalue weighted by atomic mass is 19.4. The molecule has 5 heteroatoms. The van der Waals surface area contributed by atoms with Gasteiger partial charge in [0, 0.05) is 23.7 Å². The lowest BCUT2D eigenvalue weighted by atomic mass is 9.98. The fraction of sp³-hybridized carbons (Fsp3) is 0.462. The summed E-state index contributed by atoms with van der Waals surface area (Å²) in [6.07, 6.45) is -4.12. The van der Waals surface area contributed by atoms with E-state index in [0.717, 1.165) is 6.07 Å². The molecule has 1 aromatic rings. The van der Waals surface area contributed by atoms with E-state index in [4.69, 9.17) is 5.41 Å². The van der Waals surface area contributed by atoms with Crippen LogP contribution in [0.25, 0.3) is 0 Å². The summed E-state index contributed by atoms with van der Waals surface area (Å²) in [5.74, 6) is 0. The van der Waals surface area contributed by atoms with E-state index in [1.165, 1.54) is 18.2 Å². The summed E-state index contributed by atoms with van der Waals surface area (Å²) in [6, 6.07) is 5.27. The Hall–Kier alpha value is -1.36. The lowest BCUT2D eigenvalue weighted by Gasteiger charge is -2.21. The van der Waals surface area contributed by atoms with Crippen molar-refractivity contribution in [1.29, 1.82) is 5.41 Å². The van der Waals surface area contributed by atoms with Crippen LogP contribution in [0, 0.1) is 5.41 Å². The quantitative estimate of drug-likeness (QED) is 0.823. The predicted molar refractivity (Wildman–Crippen MR) is 66.0 cm³/mol. The number of nitrogens with zero attached hydrogens (tertiary/aromatic N) is 1. The lowest BCUT2D eigenvalue weighted by Crippen LogP contribution is -2.28. The fourth-order valence-electron chi connectivity index (χ4n) is 1.58. The molecule has 0 aliphatic carbocycles. The van der Waals surface area contributed by atoms with Crippen molar-refractivity contribution in [2.75, 3.05) is 14.1 Å². The third-order valence-electron chi connectivity index (χ3n) is 2.94. The maximum Gasteiger partial charge on any atom is 0.417 e. The van der Waals surface area contributed by atoms with Crippen LogP contribution < -0.4 is 0 Å². The molecule has 0 amide bonds. The monoisotopic (exact) mass is 258 g/mol. The van der Waals surface area contributed by atoms with E-state index in [-0.39, 0.29) is 17.3 Å². The van der Waals surface area contributed by atoms with Crippen molar-refractivity contribution in [1.82, 2.24) is 4.90 Å². The van der Waals surface area contributed by atoms with Gasteiger partial charge in [-0.15, -0.1) is 0 Å². The van der Waals surface area contributed by atoms with Gasteiger partial charge in [-0.2, -0.15) is 13.2 Å². The predicted octanol–water partition coefficient (Wildman–Crippen LogP) is 3.41. The van der Waals surface area contributed by atoms with E-state index in [9.17, 15) is 13.2 Å². The molecule has 0 saturated carbocycles. The minimum atomic E-state index is -4.41. The molecule has 1 aromatic carbocycles. The van der Waals surface area contributed by atoms with Crippen LogP contribution in [0.3, 0.4) is 0 Å². The van der Waals surface area contributed by atoms with Crippen LogP contribution in [0.2, 0.25) is 0 Å². The number of halogens is 3. The molecule has 1 atom stereocenters. The Labute approximate surface area is 105 Å². The number of hydrogen-bond donors (Lipinski definition) is 1. The molecule has 1 unspecified atom stereocenters. The molecule has 18 heavy (non-hydrogen) atoms. The molecule has 1 N–H and O–H groups in total. The van der Waals surface area contributed by atoms with Gasteiger partial charge in [0.1, 0.15) is 0 Å². The van der Waals surface area contributed by atoms with Crippen molar-refractivity contribution < 1.29 is 13.2 Å². The summed E-state index contributed by atoms with van der Waals surface area (Å²) in [5.41, 5.74) is -0.746. The molecule has 0 aliphatic rings. The Morgan fingerprint density at radius 3 is 2.33 bits per heavy atom. The number of rotatable bonds is 4. The van der Waals surface area contributed by atoms with Gasteiger partial charge in [0.05, 0.1) is 5.56 Å². The van der Waals surface area contributed by atoms with Gasteiger partial charge in [-0.1, -0.05) is 18.2 Å². The van der Waals surface area contributed by atoms with Gasteiger partial charge < -0.3 is 10.3 Å². The number of alkyl halides is 3. The summed E-state index contributed by atoms with van der Waals surface area (Å²) in [7, 11) is 3.68. The first-order valence-corrected chi connectivity index (χ1v) is 5.64. The van der Waals surface area contributed by atoms with Crippen molar-refractivity contribution >= 4 is 5.71 Å². The summed E-state index contributed by atoms with van der Waals surface area (Å²) in [5, 5.41) is 7.85. The Morgan fingerprint density at radius 2 is 1.83 bits per heavy atom. The van der Waals surface area contributed by atoms with Gasteiger partial charge in [0.15, 0.2) is 0 Å².